The van der Waals surface area contributed by atoms with E-state index in [0.29, 0.717) is 5.56 Å². The summed E-state index contributed by atoms with van der Waals surface area (Å²) in [5.74, 6) is -2.16. The maximum atomic E-state index is 13.8. The number of ether oxygens (including phenoxy) is 2. The Morgan fingerprint density at radius 3 is 2.36 bits per heavy atom. The maximum absolute atomic E-state index is 13.8. The number of benzene rings is 3. The highest BCUT2D eigenvalue weighted by molar-refractivity contribution is 6.40. The first-order valence-corrected chi connectivity index (χ1v) is 10.1. The number of rotatable bonds is 6. The molecule has 3 aromatic rings. The first-order valence-electron chi connectivity index (χ1n) is 9.36. The molecule has 166 valence electrons. The van der Waals surface area contributed by atoms with Crippen molar-refractivity contribution in [2.75, 3.05) is 12.4 Å². The molecule has 6 nitrogen and oxygen atoms in total. The molecule has 0 spiro atoms. The second kappa shape index (κ2) is 10.6. The molecule has 1 amide bonds. The summed E-state index contributed by atoms with van der Waals surface area (Å²) in [6.45, 7) is 0. The van der Waals surface area contributed by atoms with Crippen molar-refractivity contribution in [2.24, 2.45) is 0 Å². The van der Waals surface area contributed by atoms with E-state index in [4.69, 9.17) is 32.7 Å². The van der Waals surface area contributed by atoms with E-state index in [-0.39, 0.29) is 38.4 Å². The lowest BCUT2D eigenvalue weighted by molar-refractivity contribution is -0.112. The van der Waals surface area contributed by atoms with Gasteiger partial charge in [-0.05, 0) is 48.0 Å². The number of hydrogen-bond acceptors (Lipinski definition) is 5. The number of esters is 1. The van der Waals surface area contributed by atoms with E-state index in [1.165, 1.54) is 49.6 Å². The quantitative estimate of drug-likeness (QED) is 0.203. The highest BCUT2D eigenvalue weighted by Crippen LogP contribution is 2.32. The van der Waals surface area contributed by atoms with Crippen molar-refractivity contribution >= 4 is 46.8 Å². The number of nitrogens with one attached hydrogen (secondary N) is 1. The van der Waals surface area contributed by atoms with Crippen molar-refractivity contribution in [3.8, 4) is 17.6 Å². The molecule has 0 atom stereocenters. The Hall–Kier alpha value is -3.86. The molecule has 3 rings (SSSR count). The number of hydrogen-bond donors (Lipinski definition) is 1. The van der Waals surface area contributed by atoms with Gasteiger partial charge >= 0.3 is 5.97 Å². The van der Waals surface area contributed by atoms with Gasteiger partial charge in [-0.3, -0.25) is 4.79 Å². The highest BCUT2D eigenvalue weighted by atomic mass is 35.5. The topological polar surface area (TPSA) is 88.4 Å². The van der Waals surface area contributed by atoms with Crippen LogP contribution in [0.2, 0.25) is 10.0 Å². The van der Waals surface area contributed by atoms with Gasteiger partial charge < -0.3 is 14.8 Å². The molecule has 3 aromatic carbocycles. The van der Waals surface area contributed by atoms with Crippen LogP contribution in [0.25, 0.3) is 6.08 Å². The zero-order valence-electron chi connectivity index (χ0n) is 17.1. The number of amides is 1. The summed E-state index contributed by atoms with van der Waals surface area (Å²) in [5.41, 5.74) is 0.129. The summed E-state index contributed by atoms with van der Waals surface area (Å²) in [4.78, 5) is 24.8. The molecule has 0 radical (unpaired) electrons. The van der Waals surface area contributed by atoms with Gasteiger partial charge in [0, 0.05) is 0 Å². The van der Waals surface area contributed by atoms with Crippen molar-refractivity contribution in [2.45, 2.75) is 0 Å². The van der Waals surface area contributed by atoms with Crippen molar-refractivity contribution in [3.63, 3.8) is 0 Å². The van der Waals surface area contributed by atoms with Crippen LogP contribution in [0.3, 0.4) is 0 Å². The van der Waals surface area contributed by atoms with E-state index in [0.717, 1.165) is 6.07 Å². The maximum Gasteiger partial charge on any atom is 0.346 e. The number of carbonyl (C=O) groups is 2. The van der Waals surface area contributed by atoms with Crippen LogP contribution in [0.15, 0.2) is 66.2 Å². The number of nitrogens with zero attached hydrogens (tertiary/aromatic N) is 1. The molecule has 0 fully saturated rings. The smallest absolute Gasteiger partial charge is 0.346 e. The summed E-state index contributed by atoms with van der Waals surface area (Å²) < 4.78 is 24.3. The van der Waals surface area contributed by atoms with Crippen LogP contribution >= 0.6 is 23.2 Å². The summed E-state index contributed by atoms with van der Waals surface area (Å²) in [6, 6.07) is 16.3. The number of methoxy groups -OCH3 is 1. The van der Waals surface area contributed by atoms with Crippen molar-refractivity contribution in [1.82, 2.24) is 0 Å². The highest BCUT2D eigenvalue weighted by Gasteiger charge is 2.17. The third-order valence-corrected chi connectivity index (χ3v) is 4.99. The van der Waals surface area contributed by atoms with Gasteiger partial charge in [0.05, 0.1) is 28.4 Å². The number of halogens is 3. The van der Waals surface area contributed by atoms with Gasteiger partial charge in [-0.1, -0.05) is 47.5 Å². The Bertz CT molecular complexity index is 1280. The molecule has 0 saturated carbocycles. The average Bonchev–Trinajstić information content (AvgIpc) is 2.80. The minimum atomic E-state index is -0.900. The molecule has 0 bridgehead atoms. The Kier molecular flexibility index (Phi) is 7.67. The van der Waals surface area contributed by atoms with E-state index in [9.17, 15) is 19.2 Å². The molecule has 0 saturated heterocycles. The summed E-state index contributed by atoms with van der Waals surface area (Å²) in [7, 11) is 1.35. The Morgan fingerprint density at radius 2 is 1.73 bits per heavy atom. The molecule has 0 unspecified atom stereocenters. The zero-order chi connectivity index (χ0) is 24.0. The van der Waals surface area contributed by atoms with Crippen LogP contribution in [0.1, 0.15) is 15.9 Å². The van der Waals surface area contributed by atoms with E-state index < -0.39 is 17.7 Å². The molecule has 0 aliphatic heterocycles. The number of anilines is 1. The van der Waals surface area contributed by atoms with E-state index >= 15 is 0 Å². The van der Waals surface area contributed by atoms with Gasteiger partial charge in [-0.15, -0.1) is 0 Å². The van der Waals surface area contributed by atoms with Gasteiger partial charge in [-0.25, -0.2) is 9.18 Å². The second-order valence-corrected chi connectivity index (χ2v) is 7.31. The van der Waals surface area contributed by atoms with Gasteiger partial charge in [0.1, 0.15) is 17.5 Å². The standard InChI is InChI=1S/C24H15Cl2FN2O4/c1-32-21-12-14(9-10-20(21)33-24(31)16-5-2-3-8-19(16)27)11-15(13-28)23(30)29-22-17(25)6-4-7-18(22)26/h2-12H,1H3,(H,29,30)/b15-11+. The van der Waals surface area contributed by atoms with Crippen molar-refractivity contribution < 1.29 is 23.5 Å². The van der Waals surface area contributed by atoms with Gasteiger partial charge in [0.25, 0.3) is 5.91 Å². The third-order valence-electron chi connectivity index (χ3n) is 4.36. The number of carbonyl (C=O) groups excluding carboxylic acids is 2. The molecule has 0 aliphatic carbocycles. The Balaban J connectivity index is 1.84. The molecule has 0 aliphatic rings. The average molecular weight is 485 g/mol. The first-order chi connectivity index (χ1) is 15.8. The fourth-order valence-electron chi connectivity index (χ4n) is 2.75. The third kappa shape index (κ3) is 5.69. The fraction of sp³-hybridized carbons (Fsp3) is 0.0417. The molecular weight excluding hydrogens is 470 g/mol. The van der Waals surface area contributed by atoms with Gasteiger partial charge in [0.2, 0.25) is 0 Å². The largest absolute Gasteiger partial charge is 0.493 e. The predicted molar refractivity (Wildman–Crippen MR) is 123 cm³/mol. The Labute approximate surface area is 198 Å². The molecule has 0 aromatic heterocycles. The lowest BCUT2D eigenvalue weighted by atomic mass is 10.1. The molecule has 33 heavy (non-hydrogen) atoms. The van der Waals surface area contributed by atoms with Crippen LogP contribution in [0.4, 0.5) is 10.1 Å². The van der Waals surface area contributed by atoms with Crippen LogP contribution in [-0.2, 0) is 4.79 Å². The van der Waals surface area contributed by atoms with E-state index in [2.05, 4.69) is 5.32 Å². The lowest BCUT2D eigenvalue weighted by Crippen LogP contribution is -2.14. The Morgan fingerprint density at radius 1 is 1.03 bits per heavy atom. The van der Waals surface area contributed by atoms with E-state index in [1.54, 1.807) is 18.2 Å². The van der Waals surface area contributed by atoms with Gasteiger partial charge in [-0.2, -0.15) is 5.26 Å². The number of para-hydroxylation sites is 1. The van der Waals surface area contributed by atoms with Crippen molar-refractivity contribution in [3.05, 3.63) is 93.2 Å². The van der Waals surface area contributed by atoms with Gasteiger partial charge in [0.15, 0.2) is 11.5 Å². The summed E-state index contributed by atoms with van der Waals surface area (Å²) in [5, 5.41) is 12.4. The minimum absolute atomic E-state index is 0.0358. The van der Waals surface area contributed by atoms with Crippen LogP contribution < -0.4 is 14.8 Å². The second-order valence-electron chi connectivity index (χ2n) is 6.50. The fourth-order valence-corrected chi connectivity index (χ4v) is 3.25. The van der Waals surface area contributed by atoms with E-state index in [1.807, 2.05) is 6.07 Å². The lowest BCUT2D eigenvalue weighted by Gasteiger charge is -2.11. The number of nitriles is 1. The zero-order valence-corrected chi connectivity index (χ0v) is 18.6. The normalized spacial score (nSPS) is 10.8. The minimum Gasteiger partial charge on any atom is -0.493 e. The SMILES string of the molecule is COc1cc(/C=C(\C#N)C(=O)Nc2c(Cl)cccc2Cl)ccc1OC(=O)c1ccccc1F. The van der Waals surface area contributed by atoms with Crippen molar-refractivity contribution in [1.29, 1.82) is 5.26 Å². The predicted octanol–water partition coefficient (Wildman–Crippen LogP) is 5.91. The van der Waals surface area contributed by atoms with Crippen LogP contribution in [0.5, 0.6) is 11.5 Å². The summed E-state index contributed by atoms with van der Waals surface area (Å²) >= 11 is 12.1. The molecule has 0 heterocycles. The molecule has 9 heteroatoms. The molecule has 1 N–H and O–H groups in total. The first kappa shape index (κ1) is 23.8. The van der Waals surface area contributed by atoms with Crippen LogP contribution in [-0.4, -0.2) is 19.0 Å². The molecular formula is C24H15Cl2FN2O4. The summed E-state index contributed by atoms with van der Waals surface area (Å²) in [6.07, 6.45) is 1.31. The monoisotopic (exact) mass is 484 g/mol. The van der Waals surface area contributed by atoms with Crippen LogP contribution in [0, 0.1) is 17.1 Å².